The van der Waals surface area contributed by atoms with Crippen molar-refractivity contribution in [2.24, 2.45) is 0 Å². The van der Waals surface area contributed by atoms with E-state index in [2.05, 4.69) is 5.32 Å². The van der Waals surface area contributed by atoms with E-state index in [0.717, 1.165) is 29.0 Å². The van der Waals surface area contributed by atoms with Gasteiger partial charge in [0.05, 0.1) is 17.0 Å². The Labute approximate surface area is 216 Å². The summed E-state index contributed by atoms with van der Waals surface area (Å²) in [6.45, 7) is 3.62. The predicted molar refractivity (Wildman–Crippen MR) is 138 cm³/mol. The molecule has 2 aromatic rings. The number of carbonyl (C=O) groups excluding carboxylic acids is 2. The molecule has 1 atom stereocenters. The second-order valence-corrected chi connectivity index (χ2v) is 11.0. The highest BCUT2D eigenvalue weighted by molar-refractivity contribution is 7.92. The molecule has 2 rings (SSSR count). The molecular formula is C23H28Cl3N3O4S. The average Bonchev–Trinajstić information content (AvgIpc) is 2.77. The molecule has 11 heteroatoms. The fourth-order valence-corrected chi connectivity index (χ4v) is 4.59. The summed E-state index contributed by atoms with van der Waals surface area (Å²) < 4.78 is 26.1. The van der Waals surface area contributed by atoms with E-state index in [1.165, 1.54) is 23.1 Å². The van der Waals surface area contributed by atoms with Crippen molar-refractivity contribution in [1.29, 1.82) is 0 Å². The Morgan fingerprint density at radius 1 is 1.03 bits per heavy atom. The molecule has 186 valence electrons. The number of amides is 2. The Morgan fingerprint density at radius 3 is 2.24 bits per heavy atom. The maximum Gasteiger partial charge on any atom is 0.244 e. The molecule has 2 aromatic carbocycles. The summed E-state index contributed by atoms with van der Waals surface area (Å²) >= 11 is 18.2. The smallest absolute Gasteiger partial charge is 0.244 e. The fourth-order valence-electron chi connectivity index (χ4n) is 3.18. The zero-order valence-electron chi connectivity index (χ0n) is 19.2. The normalized spacial score (nSPS) is 12.2. The van der Waals surface area contributed by atoms with E-state index in [9.17, 15) is 18.0 Å². The highest BCUT2D eigenvalue weighted by atomic mass is 35.5. The summed E-state index contributed by atoms with van der Waals surface area (Å²) in [7, 11) is -3.90. The van der Waals surface area contributed by atoms with Crippen LogP contribution < -0.4 is 9.62 Å². The number of halogens is 3. The van der Waals surface area contributed by atoms with Crippen molar-refractivity contribution >= 4 is 62.3 Å². The molecule has 0 spiro atoms. The molecule has 1 unspecified atom stereocenters. The molecule has 0 bridgehead atoms. The van der Waals surface area contributed by atoms with E-state index < -0.39 is 28.5 Å². The van der Waals surface area contributed by atoms with Gasteiger partial charge in [0.15, 0.2) is 0 Å². The van der Waals surface area contributed by atoms with E-state index in [-0.39, 0.29) is 28.2 Å². The standard InChI is InChI=1S/C23H28Cl3N3O4S/c1-4-5-12-27-23(31)16(2)28(14-17-6-8-18(24)9-7-17)22(30)15-29(34(3,32)33)21-13-19(25)10-11-20(21)26/h6-11,13,16H,4-5,12,14-15H2,1-3H3,(H,27,31). The maximum absolute atomic E-state index is 13.5. The molecule has 0 aliphatic carbocycles. The van der Waals surface area contributed by atoms with Crippen molar-refractivity contribution in [3.8, 4) is 0 Å². The highest BCUT2D eigenvalue weighted by Crippen LogP contribution is 2.31. The van der Waals surface area contributed by atoms with Gasteiger partial charge in [-0.05, 0) is 49.2 Å². The highest BCUT2D eigenvalue weighted by Gasteiger charge is 2.30. The molecule has 0 aromatic heterocycles. The monoisotopic (exact) mass is 547 g/mol. The maximum atomic E-state index is 13.5. The topological polar surface area (TPSA) is 86.8 Å². The van der Waals surface area contributed by atoms with Crippen LogP contribution in [0.5, 0.6) is 0 Å². The van der Waals surface area contributed by atoms with Crippen molar-refractivity contribution in [2.45, 2.75) is 39.3 Å². The summed E-state index contributed by atoms with van der Waals surface area (Å²) in [4.78, 5) is 27.6. The van der Waals surface area contributed by atoms with Crippen molar-refractivity contribution in [1.82, 2.24) is 10.2 Å². The van der Waals surface area contributed by atoms with Crippen molar-refractivity contribution in [3.63, 3.8) is 0 Å². The Hall–Kier alpha value is -2.00. The number of nitrogens with zero attached hydrogens (tertiary/aromatic N) is 2. The molecule has 0 radical (unpaired) electrons. The van der Waals surface area contributed by atoms with Crippen LogP contribution in [-0.2, 0) is 26.2 Å². The van der Waals surface area contributed by atoms with E-state index in [1.54, 1.807) is 31.2 Å². The Morgan fingerprint density at radius 2 is 1.65 bits per heavy atom. The van der Waals surface area contributed by atoms with Crippen molar-refractivity contribution in [2.75, 3.05) is 23.7 Å². The first-order valence-corrected chi connectivity index (χ1v) is 13.7. The van der Waals surface area contributed by atoms with Gasteiger partial charge in [-0.2, -0.15) is 0 Å². The van der Waals surface area contributed by atoms with Crippen LogP contribution in [0.2, 0.25) is 15.1 Å². The van der Waals surface area contributed by atoms with E-state index in [1.807, 2.05) is 6.92 Å². The van der Waals surface area contributed by atoms with Crippen molar-refractivity contribution in [3.05, 3.63) is 63.1 Å². The van der Waals surface area contributed by atoms with Crippen molar-refractivity contribution < 1.29 is 18.0 Å². The first-order valence-electron chi connectivity index (χ1n) is 10.7. The first kappa shape index (κ1) is 28.2. The van der Waals surface area contributed by atoms with Gasteiger partial charge in [-0.1, -0.05) is 60.3 Å². The van der Waals surface area contributed by atoms with Gasteiger partial charge in [-0.15, -0.1) is 0 Å². The van der Waals surface area contributed by atoms with Crippen LogP contribution in [0.15, 0.2) is 42.5 Å². The number of hydrogen-bond donors (Lipinski definition) is 1. The van der Waals surface area contributed by atoms with Crippen LogP contribution >= 0.6 is 34.8 Å². The summed E-state index contributed by atoms with van der Waals surface area (Å²) in [6.07, 6.45) is 2.69. The number of unbranched alkanes of at least 4 members (excludes halogenated alkanes) is 1. The van der Waals surface area contributed by atoms with Gasteiger partial charge in [0.25, 0.3) is 0 Å². The van der Waals surface area contributed by atoms with Crippen LogP contribution in [0.3, 0.4) is 0 Å². The molecule has 0 saturated carbocycles. The van der Waals surface area contributed by atoms with Crippen LogP contribution in [-0.4, -0.2) is 50.5 Å². The lowest BCUT2D eigenvalue weighted by Crippen LogP contribution is -2.51. The molecule has 34 heavy (non-hydrogen) atoms. The quantitative estimate of drug-likeness (QED) is 0.411. The Kier molecular flexibility index (Phi) is 10.5. The molecular weight excluding hydrogens is 521 g/mol. The lowest BCUT2D eigenvalue weighted by molar-refractivity contribution is -0.139. The molecule has 7 nitrogen and oxygen atoms in total. The number of rotatable bonds is 11. The van der Waals surface area contributed by atoms with Crippen LogP contribution in [0.4, 0.5) is 5.69 Å². The average molecular weight is 549 g/mol. The number of hydrogen-bond acceptors (Lipinski definition) is 4. The third-order valence-electron chi connectivity index (χ3n) is 5.12. The SMILES string of the molecule is CCCCNC(=O)C(C)N(Cc1ccc(Cl)cc1)C(=O)CN(c1cc(Cl)ccc1Cl)S(C)(=O)=O. The third kappa shape index (κ3) is 8.05. The van der Waals surface area contributed by atoms with Crippen LogP contribution in [0.1, 0.15) is 32.3 Å². The fraction of sp³-hybridized carbons (Fsp3) is 0.391. The lowest BCUT2D eigenvalue weighted by atomic mass is 10.1. The minimum absolute atomic E-state index is 0.0801. The minimum atomic E-state index is -3.90. The van der Waals surface area contributed by atoms with Gasteiger partial charge in [0.2, 0.25) is 21.8 Å². The number of nitrogens with one attached hydrogen (secondary N) is 1. The number of benzene rings is 2. The first-order chi connectivity index (χ1) is 15.9. The number of anilines is 1. The summed E-state index contributed by atoms with van der Waals surface area (Å²) in [5.41, 5.74) is 0.814. The Balaban J connectivity index is 2.38. The molecule has 0 aliphatic rings. The van der Waals surface area contributed by atoms with E-state index >= 15 is 0 Å². The second kappa shape index (κ2) is 12.6. The number of carbonyl (C=O) groups is 2. The summed E-state index contributed by atoms with van der Waals surface area (Å²) in [5.74, 6) is -0.906. The summed E-state index contributed by atoms with van der Waals surface area (Å²) in [5, 5.41) is 3.74. The molecule has 0 heterocycles. The molecule has 0 fully saturated rings. The third-order valence-corrected chi connectivity index (χ3v) is 7.05. The zero-order chi connectivity index (χ0) is 25.5. The summed E-state index contributed by atoms with van der Waals surface area (Å²) in [6, 6.07) is 10.3. The van der Waals surface area contributed by atoms with Gasteiger partial charge in [-0.25, -0.2) is 8.42 Å². The number of sulfonamides is 1. The zero-order valence-corrected chi connectivity index (χ0v) is 22.3. The van der Waals surface area contributed by atoms with Gasteiger partial charge in [0, 0.05) is 23.1 Å². The molecule has 2 amide bonds. The van der Waals surface area contributed by atoms with Gasteiger partial charge in [-0.3, -0.25) is 13.9 Å². The molecule has 0 saturated heterocycles. The van der Waals surface area contributed by atoms with Gasteiger partial charge in [0.1, 0.15) is 12.6 Å². The lowest BCUT2D eigenvalue weighted by Gasteiger charge is -2.31. The molecule has 0 aliphatic heterocycles. The van der Waals surface area contributed by atoms with Gasteiger partial charge >= 0.3 is 0 Å². The largest absolute Gasteiger partial charge is 0.354 e. The second-order valence-electron chi connectivity index (χ2n) is 7.83. The minimum Gasteiger partial charge on any atom is -0.354 e. The van der Waals surface area contributed by atoms with E-state index in [0.29, 0.717) is 11.6 Å². The van der Waals surface area contributed by atoms with E-state index in [4.69, 9.17) is 34.8 Å². The Bertz CT molecular complexity index is 1110. The predicted octanol–water partition coefficient (Wildman–Crippen LogP) is 4.75. The van der Waals surface area contributed by atoms with Crippen LogP contribution in [0.25, 0.3) is 0 Å². The van der Waals surface area contributed by atoms with Gasteiger partial charge < -0.3 is 10.2 Å². The van der Waals surface area contributed by atoms with Crippen LogP contribution in [0, 0.1) is 0 Å². The molecule has 1 N–H and O–H groups in total.